The molecule has 0 aliphatic carbocycles. The second kappa shape index (κ2) is 4.28. The Morgan fingerprint density at radius 1 is 1.27 bits per heavy atom. The Labute approximate surface area is 89.3 Å². The Kier molecular flexibility index (Phi) is 2.83. The summed E-state index contributed by atoms with van der Waals surface area (Å²) in [7, 11) is 0. The number of aromatic nitrogens is 2. The van der Waals surface area contributed by atoms with E-state index in [2.05, 4.69) is 41.4 Å². The second-order valence-corrected chi connectivity index (χ2v) is 3.52. The van der Waals surface area contributed by atoms with Gasteiger partial charge in [-0.15, -0.1) is 0 Å². The quantitative estimate of drug-likeness (QED) is 0.799. The van der Waals surface area contributed by atoms with E-state index in [0.29, 0.717) is 6.54 Å². The van der Waals surface area contributed by atoms with E-state index in [0.717, 1.165) is 17.7 Å². The van der Waals surface area contributed by atoms with Crippen molar-refractivity contribution < 1.29 is 0 Å². The van der Waals surface area contributed by atoms with E-state index < -0.39 is 0 Å². The zero-order valence-corrected chi connectivity index (χ0v) is 8.83. The summed E-state index contributed by atoms with van der Waals surface area (Å²) in [6, 6.07) is 8.51. The summed E-state index contributed by atoms with van der Waals surface area (Å²) in [6.07, 6.45) is 2.89. The molecule has 2 aromatic rings. The van der Waals surface area contributed by atoms with Crippen molar-refractivity contribution in [3.63, 3.8) is 0 Å². The Bertz CT molecular complexity index is 428. The molecule has 0 atom stereocenters. The minimum atomic E-state index is 0.491. The summed E-state index contributed by atoms with van der Waals surface area (Å²) < 4.78 is 0. The molecular formula is C12H15N3. The predicted octanol–water partition coefficient (Wildman–Crippen LogP) is 2.10. The minimum Gasteiger partial charge on any atom is -0.325 e. The fraction of sp³-hybridized carbons (Fsp3) is 0.250. The van der Waals surface area contributed by atoms with Crippen LogP contribution in [0.5, 0.6) is 0 Å². The van der Waals surface area contributed by atoms with Gasteiger partial charge in [0.05, 0.1) is 11.9 Å². The van der Waals surface area contributed by atoms with Gasteiger partial charge in [0.15, 0.2) is 0 Å². The Morgan fingerprint density at radius 2 is 2.00 bits per heavy atom. The summed E-state index contributed by atoms with van der Waals surface area (Å²) >= 11 is 0. The van der Waals surface area contributed by atoms with Gasteiger partial charge in [-0.25, -0.2) is 0 Å². The number of nitrogens with zero attached hydrogens (tertiary/aromatic N) is 1. The summed E-state index contributed by atoms with van der Waals surface area (Å²) in [5.74, 6) is 0. The number of nitrogens with one attached hydrogen (secondary N) is 1. The fourth-order valence-electron chi connectivity index (χ4n) is 1.64. The maximum Gasteiger partial charge on any atom is 0.0569 e. The van der Waals surface area contributed by atoms with E-state index in [1.165, 1.54) is 11.1 Å². The van der Waals surface area contributed by atoms with Crippen LogP contribution in [-0.4, -0.2) is 10.2 Å². The third kappa shape index (κ3) is 1.92. The predicted molar refractivity (Wildman–Crippen MR) is 61.3 cm³/mol. The zero-order valence-electron chi connectivity index (χ0n) is 8.83. The maximum atomic E-state index is 5.62. The monoisotopic (exact) mass is 201 g/mol. The van der Waals surface area contributed by atoms with Crippen molar-refractivity contribution in [2.75, 3.05) is 0 Å². The molecule has 2 rings (SSSR count). The molecule has 0 saturated heterocycles. The van der Waals surface area contributed by atoms with Crippen LogP contribution in [0.2, 0.25) is 0 Å². The van der Waals surface area contributed by atoms with Crippen LogP contribution in [0, 0.1) is 0 Å². The third-order valence-electron chi connectivity index (χ3n) is 2.60. The topological polar surface area (TPSA) is 54.7 Å². The van der Waals surface area contributed by atoms with Crippen LogP contribution in [0.15, 0.2) is 30.5 Å². The molecule has 0 aliphatic heterocycles. The largest absolute Gasteiger partial charge is 0.325 e. The lowest BCUT2D eigenvalue weighted by molar-refractivity contribution is 0.948. The minimum absolute atomic E-state index is 0.491. The number of hydrogen-bond acceptors (Lipinski definition) is 2. The van der Waals surface area contributed by atoms with Gasteiger partial charge in [-0.1, -0.05) is 31.2 Å². The Morgan fingerprint density at radius 3 is 2.60 bits per heavy atom. The Balaban J connectivity index is 2.37. The van der Waals surface area contributed by atoms with Gasteiger partial charge in [-0.3, -0.25) is 5.10 Å². The first-order valence-corrected chi connectivity index (χ1v) is 5.16. The molecule has 3 nitrogen and oxygen atoms in total. The molecule has 0 amide bonds. The van der Waals surface area contributed by atoms with Crippen LogP contribution < -0.4 is 5.73 Å². The molecule has 0 unspecified atom stereocenters. The van der Waals surface area contributed by atoms with E-state index in [4.69, 9.17) is 5.73 Å². The first kappa shape index (κ1) is 9.93. The molecule has 0 bridgehead atoms. The lowest BCUT2D eigenvalue weighted by Crippen LogP contribution is -1.98. The van der Waals surface area contributed by atoms with Gasteiger partial charge >= 0.3 is 0 Å². The van der Waals surface area contributed by atoms with Crippen LogP contribution >= 0.6 is 0 Å². The molecule has 0 fully saturated rings. The van der Waals surface area contributed by atoms with Gasteiger partial charge in [-0.05, 0) is 17.5 Å². The van der Waals surface area contributed by atoms with E-state index in [9.17, 15) is 0 Å². The van der Waals surface area contributed by atoms with Gasteiger partial charge in [0.25, 0.3) is 0 Å². The molecule has 0 radical (unpaired) electrons. The molecule has 0 spiro atoms. The van der Waals surface area contributed by atoms with Crippen molar-refractivity contribution in [3.8, 4) is 11.1 Å². The summed E-state index contributed by atoms with van der Waals surface area (Å²) in [6.45, 7) is 2.64. The number of rotatable bonds is 3. The van der Waals surface area contributed by atoms with Crippen molar-refractivity contribution >= 4 is 0 Å². The van der Waals surface area contributed by atoms with Gasteiger partial charge in [-0.2, -0.15) is 5.10 Å². The number of aromatic amines is 1. The molecular weight excluding hydrogens is 186 g/mol. The summed E-state index contributed by atoms with van der Waals surface area (Å²) in [4.78, 5) is 0. The van der Waals surface area contributed by atoms with Crippen molar-refractivity contribution in [1.29, 1.82) is 0 Å². The molecule has 78 valence electrons. The third-order valence-corrected chi connectivity index (χ3v) is 2.60. The van der Waals surface area contributed by atoms with E-state index in [-0.39, 0.29) is 0 Å². The molecule has 3 N–H and O–H groups in total. The second-order valence-electron chi connectivity index (χ2n) is 3.52. The van der Waals surface area contributed by atoms with E-state index >= 15 is 0 Å². The van der Waals surface area contributed by atoms with Crippen LogP contribution in [0.25, 0.3) is 11.1 Å². The van der Waals surface area contributed by atoms with Crippen molar-refractivity contribution in [2.45, 2.75) is 19.9 Å². The van der Waals surface area contributed by atoms with Crippen LogP contribution in [0.4, 0.5) is 0 Å². The molecule has 1 aromatic carbocycles. The maximum absolute atomic E-state index is 5.62. The smallest absolute Gasteiger partial charge is 0.0569 e. The number of nitrogens with two attached hydrogens (primary N) is 1. The molecule has 1 heterocycles. The van der Waals surface area contributed by atoms with Crippen LogP contribution in [-0.2, 0) is 13.0 Å². The lowest BCUT2D eigenvalue weighted by Gasteiger charge is -2.02. The van der Waals surface area contributed by atoms with Gasteiger partial charge in [0.1, 0.15) is 0 Å². The SMILES string of the molecule is CCc1ccc(-c2cn[nH]c2CN)cc1. The van der Waals surface area contributed by atoms with Crippen LogP contribution in [0.1, 0.15) is 18.2 Å². The summed E-state index contributed by atoms with van der Waals surface area (Å²) in [5.41, 5.74) is 10.2. The standard InChI is InChI=1S/C12H15N3/c1-2-9-3-5-10(6-4-9)11-8-14-15-12(11)7-13/h3-6,8H,2,7,13H2,1H3,(H,14,15). The van der Waals surface area contributed by atoms with Crippen molar-refractivity contribution in [2.24, 2.45) is 5.73 Å². The average Bonchev–Trinajstić information content (AvgIpc) is 2.77. The average molecular weight is 201 g/mol. The van der Waals surface area contributed by atoms with E-state index in [1.807, 2.05) is 6.20 Å². The highest BCUT2D eigenvalue weighted by Crippen LogP contribution is 2.22. The normalized spacial score (nSPS) is 10.5. The molecule has 0 aliphatic rings. The highest BCUT2D eigenvalue weighted by Gasteiger charge is 2.05. The molecule has 3 heteroatoms. The fourth-order valence-corrected chi connectivity index (χ4v) is 1.64. The van der Waals surface area contributed by atoms with Gasteiger partial charge < -0.3 is 5.73 Å². The van der Waals surface area contributed by atoms with Crippen molar-refractivity contribution in [3.05, 3.63) is 41.7 Å². The number of benzene rings is 1. The lowest BCUT2D eigenvalue weighted by atomic mass is 10.0. The molecule has 0 saturated carbocycles. The molecule has 15 heavy (non-hydrogen) atoms. The zero-order chi connectivity index (χ0) is 10.7. The van der Waals surface area contributed by atoms with Crippen molar-refractivity contribution in [1.82, 2.24) is 10.2 Å². The number of H-pyrrole nitrogens is 1. The highest BCUT2D eigenvalue weighted by atomic mass is 15.1. The van der Waals surface area contributed by atoms with E-state index in [1.54, 1.807) is 0 Å². The molecule has 1 aromatic heterocycles. The van der Waals surface area contributed by atoms with Crippen LogP contribution in [0.3, 0.4) is 0 Å². The number of aryl methyl sites for hydroxylation is 1. The Hall–Kier alpha value is -1.61. The summed E-state index contributed by atoms with van der Waals surface area (Å²) in [5, 5.41) is 6.91. The first-order valence-electron chi connectivity index (χ1n) is 5.16. The highest BCUT2D eigenvalue weighted by molar-refractivity contribution is 5.65. The number of hydrogen-bond donors (Lipinski definition) is 2. The first-order chi connectivity index (χ1) is 7.35. The van der Waals surface area contributed by atoms with Gasteiger partial charge in [0.2, 0.25) is 0 Å². The van der Waals surface area contributed by atoms with Gasteiger partial charge in [0, 0.05) is 12.1 Å².